The number of halogens is 1. The van der Waals surface area contributed by atoms with Gasteiger partial charge in [0.25, 0.3) is 0 Å². The zero-order valence-corrected chi connectivity index (χ0v) is 17.0. The zero-order valence-electron chi connectivity index (χ0n) is 14.4. The third-order valence-electron chi connectivity index (χ3n) is 4.23. The average Bonchev–Trinajstić information content (AvgIpc) is 2.26. The van der Waals surface area contributed by atoms with Gasteiger partial charge in [0, 0.05) is 0 Å². The first-order valence-corrected chi connectivity index (χ1v) is 10.7. The highest BCUT2D eigenvalue weighted by atomic mass is 79.9. The third kappa shape index (κ3) is 5.28. The minimum Gasteiger partial charge on any atom is -0.410 e. The van der Waals surface area contributed by atoms with Crippen LogP contribution in [0.5, 0.6) is 0 Å². The molecule has 0 fully saturated rings. The summed E-state index contributed by atoms with van der Waals surface area (Å²) in [6.45, 7) is 17.5. The standard InChI is InChI=1S/C16H33BrO2Si/c1-11(2)20(12(3)4,13(5)6)19-16(15(8)18)10-9-14(7)17/h9,11-13,15-16,18H,10H2,1-8H3/b14-9+/t15?,16-/m0/s1. The Balaban J connectivity index is 5.33. The lowest BCUT2D eigenvalue weighted by molar-refractivity contribution is 0.0386. The molecule has 0 saturated heterocycles. The van der Waals surface area contributed by atoms with Crippen LogP contribution >= 0.6 is 15.9 Å². The number of hydrogen-bond acceptors (Lipinski definition) is 2. The van der Waals surface area contributed by atoms with Crippen molar-refractivity contribution in [2.45, 2.75) is 90.6 Å². The molecule has 2 atom stereocenters. The van der Waals surface area contributed by atoms with E-state index in [0.29, 0.717) is 16.6 Å². The summed E-state index contributed by atoms with van der Waals surface area (Å²) in [6, 6.07) is 0. The van der Waals surface area contributed by atoms with Gasteiger partial charge in [-0.15, -0.1) is 0 Å². The normalized spacial score (nSPS) is 17.1. The van der Waals surface area contributed by atoms with E-state index in [1.165, 1.54) is 0 Å². The van der Waals surface area contributed by atoms with Crippen molar-refractivity contribution in [1.29, 1.82) is 0 Å². The van der Waals surface area contributed by atoms with Crippen LogP contribution in [0.3, 0.4) is 0 Å². The van der Waals surface area contributed by atoms with Crippen LogP contribution in [0.2, 0.25) is 16.6 Å². The van der Waals surface area contributed by atoms with E-state index in [1.807, 2.05) is 13.8 Å². The number of aliphatic hydroxyl groups excluding tert-OH is 1. The van der Waals surface area contributed by atoms with Crippen LogP contribution in [0.1, 0.15) is 61.8 Å². The van der Waals surface area contributed by atoms with Crippen molar-refractivity contribution in [2.24, 2.45) is 0 Å². The van der Waals surface area contributed by atoms with E-state index in [4.69, 9.17) is 4.43 Å². The molecule has 120 valence electrons. The van der Waals surface area contributed by atoms with E-state index in [0.717, 1.165) is 10.9 Å². The highest BCUT2D eigenvalue weighted by Crippen LogP contribution is 2.43. The Morgan fingerprint density at radius 1 is 1.05 bits per heavy atom. The summed E-state index contributed by atoms with van der Waals surface area (Å²) in [7, 11) is -1.93. The monoisotopic (exact) mass is 364 g/mol. The number of aliphatic hydroxyl groups is 1. The predicted octanol–water partition coefficient (Wildman–Crippen LogP) is 5.62. The van der Waals surface area contributed by atoms with Crippen LogP contribution in [-0.4, -0.2) is 25.6 Å². The molecular weight excluding hydrogens is 332 g/mol. The van der Waals surface area contributed by atoms with Gasteiger partial charge in [-0.1, -0.05) is 63.5 Å². The molecule has 0 aromatic rings. The van der Waals surface area contributed by atoms with Crippen LogP contribution in [0, 0.1) is 0 Å². The molecule has 0 aliphatic carbocycles. The zero-order chi connectivity index (χ0) is 16.1. The average molecular weight is 365 g/mol. The second kappa shape index (κ2) is 8.72. The summed E-state index contributed by atoms with van der Waals surface area (Å²) in [5, 5.41) is 10.1. The van der Waals surface area contributed by atoms with Crippen molar-refractivity contribution in [3.8, 4) is 0 Å². The number of allylic oxidation sites excluding steroid dienone is 1. The van der Waals surface area contributed by atoms with E-state index < -0.39 is 14.4 Å². The molecule has 0 saturated carbocycles. The molecule has 0 rings (SSSR count). The van der Waals surface area contributed by atoms with E-state index in [2.05, 4.69) is 63.5 Å². The Hall–Kier alpha value is 0.357. The lowest BCUT2D eigenvalue weighted by atomic mass is 10.1. The predicted molar refractivity (Wildman–Crippen MR) is 94.9 cm³/mol. The topological polar surface area (TPSA) is 29.5 Å². The summed E-state index contributed by atoms with van der Waals surface area (Å²) >= 11 is 3.45. The van der Waals surface area contributed by atoms with Gasteiger partial charge in [0.2, 0.25) is 8.32 Å². The van der Waals surface area contributed by atoms with Crippen LogP contribution in [-0.2, 0) is 4.43 Å². The summed E-state index contributed by atoms with van der Waals surface area (Å²) in [6.07, 6.45) is 2.30. The van der Waals surface area contributed by atoms with Crippen LogP contribution in [0.15, 0.2) is 10.6 Å². The molecule has 0 spiro atoms. The van der Waals surface area contributed by atoms with Crippen LogP contribution < -0.4 is 0 Å². The van der Waals surface area contributed by atoms with Crippen molar-refractivity contribution in [3.63, 3.8) is 0 Å². The van der Waals surface area contributed by atoms with Crippen molar-refractivity contribution in [2.75, 3.05) is 0 Å². The van der Waals surface area contributed by atoms with Gasteiger partial charge in [-0.25, -0.2) is 0 Å². The van der Waals surface area contributed by atoms with Crippen LogP contribution in [0.4, 0.5) is 0 Å². The van der Waals surface area contributed by atoms with Crippen molar-refractivity contribution >= 4 is 24.2 Å². The molecule has 0 radical (unpaired) electrons. The van der Waals surface area contributed by atoms with E-state index in [1.54, 1.807) is 0 Å². The second-order valence-electron chi connectivity index (χ2n) is 6.74. The van der Waals surface area contributed by atoms with Crippen molar-refractivity contribution in [3.05, 3.63) is 10.6 Å². The number of rotatable bonds is 8. The highest BCUT2D eigenvalue weighted by molar-refractivity contribution is 9.11. The van der Waals surface area contributed by atoms with Gasteiger partial charge in [-0.2, -0.15) is 0 Å². The second-order valence-corrected chi connectivity index (χ2v) is 13.4. The maximum absolute atomic E-state index is 10.1. The van der Waals surface area contributed by atoms with E-state index in [9.17, 15) is 5.11 Å². The van der Waals surface area contributed by atoms with Gasteiger partial charge >= 0.3 is 0 Å². The lowest BCUT2D eigenvalue weighted by Crippen LogP contribution is -2.52. The molecule has 0 aromatic carbocycles. The fourth-order valence-corrected chi connectivity index (χ4v) is 9.11. The first-order chi connectivity index (χ1) is 9.05. The molecule has 1 N–H and O–H groups in total. The quantitative estimate of drug-likeness (QED) is 0.566. The minimum atomic E-state index is -1.93. The Bertz CT molecular complexity index is 286. The van der Waals surface area contributed by atoms with Crippen molar-refractivity contribution in [1.82, 2.24) is 0 Å². The largest absolute Gasteiger partial charge is 0.410 e. The molecule has 0 heterocycles. The molecule has 4 heteroatoms. The summed E-state index contributed by atoms with van der Waals surface area (Å²) in [5.74, 6) is 0. The molecule has 0 aliphatic rings. The fourth-order valence-electron chi connectivity index (χ4n) is 3.29. The number of hydrogen-bond donors (Lipinski definition) is 1. The van der Waals surface area contributed by atoms with Gasteiger partial charge in [0.1, 0.15) is 0 Å². The first-order valence-electron chi connectivity index (χ1n) is 7.73. The minimum absolute atomic E-state index is 0.110. The smallest absolute Gasteiger partial charge is 0.200 e. The molecule has 0 aliphatic heterocycles. The Labute approximate surface area is 135 Å². The fraction of sp³-hybridized carbons (Fsp3) is 0.875. The third-order valence-corrected chi connectivity index (χ3v) is 10.7. The summed E-state index contributed by atoms with van der Waals surface area (Å²) in [5.41, 5.74) is 1.62. The Kier molecular flexibility index (Phi) is 8.87. The van der Waals surface area contributed by atoms with Crippen molar-refractivity contribution < 1.29 is 9.53 Å². The van der Waals surface area contributed by atoms with Gasteiger partial charge in [-0.3, -0.25) is 0 Å². The Morgan fingerprint density at radius 2 is 1.45 bits per heavy atom. The van der Waals surface area contributed by atoms with Gasteiger partial charge in [0.05, 0.1) is 12.2 Å². The SMILES string of the molecule is C/C(Br)=C\C[C@H](O[Si](C(C)C)(C(C)C)C(C)C)C(C)O. The van der Waals surface area contributed by atoms with Gasteiger partial charge < -0.3 is 9.53 Å². The maximum atomic E-state index is 10.1. The molecule has 2 nitrogen and oxygen atoms in total. The van der Waals surface area contributed by atoms with E-state index >= 15 is 0 Å². The Morgan fingerprint density at radius 3 is 1.70 bits per heavy atom. The molecule has 0 amide bonds. The molecular formula is C16H33BrO2Si. The molecule has 1 unspecified atom stereocenters. The summed E-state index contributed by atoms with van der Waals surface area (Å²) < 4.78 is 7.75. The molecule has 0 bridgehead atoms. The summed E-state index contributed by atoms with van der Waals surface area (Å²) in [4.78, 5) is 0. The van der Waals surface area contributed by atoms with Gasteiger partial charge in [0.15, 0.2) is 0 Å². The molecule has 0 aromatic heterocycles. The van der Waals surface area contributed by atoms with Gasteiger partial charge in [-0.05, 0) is 41.4 Å². The van der Waals surface area contributed by atoms with Crippen LogP contribution in [0.25, 0.3) is 0 Å². The lowest BCUT2D eigenvalue weighted by Gasteiger charge is -2.45. The van der Waals surface area contributed by atoms with E-state index in [-0.39, 0.29) is 6.10 Å². The maximum Gasteiger partial charge on any atom is 0.200 e. The highest BCUT2D eigenvalue weighted by Gasteiger charge is 2.46. The molecule has 20 heavy (non-hydrogen) atoms. The first kappa shape index (κ1) is 20.4.